The monoisotopic (exact) mass is 481 g/mol. The topological polar surface area (TPSA) is 75.4 Å². The van der Waals surface area contributed by atoms with E-state index in [1.165, 1.54) is 0 Å². The predicted octanol–water partition coefficient (Wildman–Crippen LogP) is 4.97. The van der Waals surface area contributed by atoms with Gasteiger partial charge in [-0.05, 0) is 66.2 Å². The van der Waals surface area contributed by atoms with E-state index in [2.05, 4.69) is 20.9 Å². The molecule has 29 heavy (non-hydrogen) atoms. The molecule has 2 unspecified atom stereocenters. The first-order valence-electron chi connectivity index (χ1n) is 9.69. The summed E-state index contributed by atoms with van der Waals surface area (Å²) in [6.45, 7) is 4.68. The molecule has 1 fully saturated rings. The molecule has 0 aliphatic carbocycles. The number of carboxylic acid groups (broad SMARTS) is 1. The summed E-state index contributed by atoms with van der Waals surface area (Å²) in [7, 11) is 1.82. The largest absolute Gasteiger partial charge is 0.476 e. The van der Waals surface area contributed by atoms with Crippen LogP contribution in [-0.4, -0.2) is 45.0 Å². The minimum atomic E-state index is -1.05. The molecular weight excluding hydrogens is 458 g/mol. The summed E-state index contributed by atoms with van der Waals surface area (Å²) in [6.07, 6.45) is 2.05. The molecule has 1 aromatic carbocycles. The molecule has 1 aromatic heterocycles. The van der Waals surface area contributed by atoms with Crippen LogP contribution < -0.4 is 0 Å². The van der Waals surface area contributed by atoms with Gasteiger partial charge in [0, 0.05) is 37.0 Å². The average Bonchev–Trinajstić information content (AvgIpc) is 3.01. The summed E-state index contributed by atoms with van der Waals surface area (Å²) < 4.78 is 2.45. The summed E-state index contributed by atoms with van der Waals surface area (Å²) in [6, 6.07) is 7.58. The molecule has 2 aromatic rings. The second-order valence-electron chi connectivity index (χ2n) is 7.90. The molecule has 0 bridgehead atoms. The Morgan fingerprint density at radius 1 is 1.34 bits per heavy atom. The van der Waals surface area contributed by atoms with E-state index in [-0.39, 0.29) is 29.5 Å². The number of carboxylic acids is 1. The molecule has 3 rings (SSSR count). The molecule has 1 N–H and O–H groups in total. The Balaban J connectivity index is 2.10. The summed E-state index contributed by atoms with van der Waals surface area (Å²) >= 11 is 9.54. The van der Waals surface area contributed by atoms with E-state index in [0.29, 0.717) is 28.4 Å². The Bertz CT molecular complexity index is 911. The lowest BCUT2D eigenvalue weighted by molar-refractivity contribution is -0.133. The van der Waals surface area contributed by atoms with Crippen LogP contribution in [0.25, 0.3) is 0 Å². The zero-order chi connectivity index (χ0) is 21.3. The SMILES string of the molecule is CC(C)n1c(Br)nc(C(=O)O)c1C(CC1CCC(=O)N(C)C1)c1ccc(Cl)cc1. The number of carbonyl (C=O) groups is 2. The number of rotatable bonds is 6. The minimum absolute atomic E-state index is 0.0328. The van der Waals surface area contributed by atoms with Gasteiger partial charge < -0.3 is 14.6 Å². The highest BCUT2D eigenvalue weighted by atomic mass is 79.9. The van der Waals surface area contributed by atoms with Crippen LogP contribution in [-0.2, 0) is 4.79 Å². The van der Waals surface area contributed by atoms with Gasteiger partial charge in [-0.1, -0.05) is 23.7 Å². The molecule has 2 atom stereocenters. The smallest absolute Gasteiger partial charge is 0.356 e. The predicted molar refractivity (Wildman–Crippen MR) is 116 cm³/mol. The maximum Gasteiger partial charge on any atom is 0.356 e. The second-order valence-corrected chi connectivity index (χ2v) is 9.05. The third-order valence-electron chi connectivity index (χ3n) is 5.52. The Labute approximate surface area is 184 Å². The van der Waals surface area contributed by atoms with Crippen LogP contribution in [0.2, 0.25) is 5.02 Å². The molecule has 156 valence electrons. The fourth-order valence-electron chi connectivity index (χ4n) is 4.12. The fourth-order valence-corrected chi connectivity index (χ4v) is 5.03. The highest BCUT2D eigenvalue weighted by Gasteiger charge is 2.33. The van der Waals surface area contributed by atoms with Crippen molar-refractivity contribution >= 4 is 39.4 Å². The molecule has 0 radical (unpaired) electrons. The molecule has 1 saturated heterocycles. The molecule has 1 aliphatic rings. The Morgan fingerprint density at radius 2 is 2.00 bits per heavy atom. The van der Waals surface area contributed by atoms with Crippen molar-refractivity contribution in [3.8, 4) is 0 Å². The normalized spacial score (nSPS) is 18.3. The first-order valence-corrected chi connectivity index (χ1v) is 10.9. The van der Waals surface area contributed by atoms with Gasteiger partial charge in [0.25, 0.3) is 0 Å². The van der Waals surface area contributed by atoms with E-state index in [4.69, 9.17) is 11.6 Å². The van der Waals surface area contributed by atoms with Crippen LogP contribution in [0.5, 0.6) is 0 Å². The summed E-state index contributed by atoms with van der Waals surface area (Å²) in [5, 5.41) is 10.5. The van der Waals surface area contributed by atoms with Crippen molar-refractivity contribution in [1.82, 2.24) is 14.5 Å². The third kappa shape index (κ3) is 4.67. The third-order valence-corrected chi connectivity index (χ3v) is 6.33. The van der Waals surface area contributed by atoms with E-state index < -0.39 is 5.97 Å². The standard InChI is InChI=1S/C21H25BrClN3O3/c1-12(2)26-19(18(20(28)29)24-21(26)22)16(14-5-7-15(23)8-6-14)10-13-4-9-17(27)25(3)11-13/h5-8,12-13,16H,4,9-11H2,1-3H3,(H,28,29). The van der Waals surface area contributed by atoms with Crippen LogP contribution >= 0.6 is 27.5 Å². The number of carbonyl (C=O) groups excluding carboxylic acids is 1. The second kappa shape index (κ2) is 8.88. The molecule has 1 aliphatic heterocycles. The minimum Gasteiger partial charge on any atom is -0.476 e. The first-order chi connectivity index (χ1) is 13.7. The molecular formula is C21H25BrClN3O3. The molecule has 2 heterocycles. The van der Waals surface area contributed by atoms with E-state index in [1.807, 2.05) is 49.7 Å². The quantitative estimate of drug-likeness (QED) is 0.631. The van der Waals surface area contributed by atoms with E-state index in [9.17, 15) is 14.7 Å². The van der Waals surface area contributed by atoms with Crippen LogP contribution in [0.4, 0.5) is 0 Å². The zero-order valence-corrected chi connectivity index (χ0v) is 19.1. The Hall–Kier alpha value is -1.86. The first kappa shape index (κ1) is 21.8. The van der Waals surface area contributed by atoms with Crippen LogP contribution in [0.1, 0.15) is 66.8 Å². The van der Waals surface area contributed by atoms with Gasteiger partial charge in [0.15, 0.2) is 10.4 Å². The van der Waals surface area contributed by atoms with E-state index in [1.54, 1.807) is 4.90 Å². The van der Waals surface area contributed by atoms with Crippen molar-refractivity contribution in [1.29, 1.82) is 0 Å². The van der Waals surface area contributed by atoms with Crippen molar-refractivity contribution in [3.05, 3.63) is 51.0 Å². The fraction of sp³-hybridized carbons (Fsp3) is 0.476. The van der Waals surface area contributed by atoms with Crippen LogP contribution in [0.15, 0.2) is 29.0 Å². The molecule has 8 heteroatoms. The number of hydrogen-bond donors (Lipinski definition) is 1. The van der Waals surface area contributed by atoms with Crippen molar-refractivity contribution in [2.75, 3.05) is 13.6 Å². The van der Waals surface area contributed by atoms with Gasteiger partial charge in [0.2, 0.25) is 5.91 Å². The van der Waals surface area contributed by atoms with Gasteiger partial charge >= 0.3 is 5.97 Å². The van der Waals surface area contributed by atoms with E-state index in [0.717, 1.165) is 18.4 Å². The van der Waals surface area contributed by atoms with Crippen molar-refractivity contribution < 1.29 is 14.7 Å². The molecule has 0 spiro atoms. The number of amides is 1. The lowest BCUT2D eigenvalue weighted by Gasteiger charge is -2.33. The summed E-state index contributed by atoms with van der Waals surface area (Å²) in [5.74, 6) is -0.791. The van der Waals surface area contributed by atoms with Crippen molar-refractivity contribution in [2.45, 2.75) is 45.1 Å². The number of piperidine rings is 1. The zero-order valence-electron chi connectivity index (χ0n) is 16.7. The highest BCUT2D eigenvalue weighted by molar-refractivity contribution is 9.10. The molecule has 0 saturated carbocycles. The van der Waals surface area contributed by atoms with Gasteiger partial charge in [-0.2, -0.15) is 0 Å². The molecule has 1 amide bonds. The van der Waals surface area contributed by atoms with Gasteiger partial charge in [-0.25, -0.2) is 9.78 Å². The number of benzene rings is 1. The van der Waals surface area contributed by atoms with Crippen molar-refractivity contribution in [3.63, 3.8) is 0 Å². The van der Waals surface area contributed by atoms with Crippen LogP contribution in [0, 0.1) is 5.92 Å². The van der Waals surface area contributed by atoms with Gasteiger partial charge in [-0.15, -0.1) is 0 Å². The Kier molecular flexibility index (Phi) is 6.69. The number of halogens is 2. The lowest BCUT2D eigenvalue weighted by atomic mass is 9.82. The summed E-state index contributed by atoms with van der Waals surface area (Å²) in [4.78, 5) is 30.0. The highest BCUT2D eigenvalue weighted by Crippen LogP contribution is 2.39. The molecule has 6 nitrogen and oxygen atoms in total. The number of hydrogen-bond acceptors (Lipinski definition) is 3. The number of nitrogens with zero attached hydrogens (tertiary/aromatic N) is 3. The number of aromatic nitrogens is 2. The maximum atomic E-state index is 12.0. The van der Waals surface area contributed by atoms with Crippen LogP contribution in [0.3, 0.4) is 0 Å². The van der Waals surface area contributed by atoms with Crippen molar-refractivity contribution in [2.24, 2.45) is 5.92 Å². The number of imidazole rings is 1. The summed E-state index contributed by atoms with van der Waals surface area (Å²) in [5.41, 5.74) is 1.73. The number of aromatic carboxylic acids is 1. The van der Waals surface area contributed by atoms with E-state index >= 15 is 0 Å². The van der Waals surface area contributed by atoms with Gasteiger partial charge in [-0.3, -0.25) is 4.79 Å². The van der Waals surface area contributed by atoms with Gasteiger partial charge in [0.05, 0.1) is 5.69 Å². The number of likely N-dealkylation sites (tertiary alicyclic amines) is 1. The Morgan fingerprint density at radius 3 is 2.55 bits per heavy atom. The lowest BCUT2D eigenvalue weighted by Crippen LogP contribution is -2.37. The van der Waals surface area contributed by atoms with Gasteiger partial charge in [0.1, 0.15) is 0 Å². The average molecular weight is 483 g/mol. The maximum absolute atomic E-state index is 12.0.